The third kappa shape index (κ3) is 5.25. The van der Waals surface area contributed by atoms with E-state index in [1.165, 1.54) is 4.90 Å². The Labute approximate surface area is 199 Å². The summed E-state index contributed by atoms with van der Waals surface area (Å²) in [6.07, 6.45) is 5.13. The first-order valence-corrected chi connectivity index (χ1v) is 11.6. The van der Waals surface area contributed by atoms with Crippen molar-refractivity contribution in [1.29, 1.82) is 5.26 Å². The van der Waals surface area contributed by atoms with E-state index in [4.69, 9.17) is 5.73 Å². The maximum Gasteiger partial charge on any atom is 0.244 e. The molecule has 2 aromatic rings. The lowest BCUT2D eigenvalue weighted by molar-refractivity contribution is -0.130. The van der Waals surface area contributed by atoms with E-state index < -0.39 is 6.04 Å². The molecule has 2 amide bonds. The minimum atomic E-state index is -0.792. The summed E-state index contributed by atoms with van der Waals surface area (Å²) in [6.45, 7) is 1.32. The molecular weight excluding hydrogens is 426 g/mol. The highest BCUT2D eigenvalue weighted by Gasteiger charge is 2.31. The summed E-state index contributed by atoms with van der Waals surface area (Å²) in [5.74, 6) is -0.671. The average Bonchev–Trinajstić information content (AvgIpc) is 3.43. The lowest BCUT2D eigenvalue weighted by Gasteiger charge is -2.29. The molecule has 34 heavy (non-hydrogen) atoms. The Morgan fingerprint density at radius 1 is 1.09 bits per heavy atom. The van der Waals surface area contributed by atoms with Crippen molar-refractivity contribution in [3.63, 3.8) is 0 Å². The van der Waals surface area contributed by atoms with Gasteiger partial charge in [0.1, 0.15) is 11.8 Å². The van der Waals surface area contributed by atoms with Crippen LogP contribution in [0, 0.1) is 11.3 Å². The van der Waals surface area contributed by atoms with Crippen molar-refractivity contribution < 1.29 is 9.59 Å². The Balaban J connectivity index is 1.44. The van der Waals surface area contributed by atoms with Crippen LogP contribution in [0.5, 0.6) is 0 Å². The van der Waals surface area contributed by atoms with Crippen LogP contribution >= 0.6 is 0 Å². The number of nitriles is 1. The minimum absolute atomic E-state index is 0.104. The zero-order valence-electron chi connectivity index (χ0n) is 19.0. The number of carbonyl (C=O) groups excluding carboxylic acids is 2. The lowest BCUT2D eigenvalue weighted by Crippen LogP contribution is -2.47. The zero-order valence-corrected chi connectivity index (χ0v) is 19.0. The van der Waals surface area contributed by atoms with Gasteiger partial charge in [0.05, 0.1) is 12.1 Å². The first-order chi connectivity index (χ1) is 16.6. The summed E-state index contributed by atoms with van der Waals surface area (Å²) in [6, 6.07) is 20.6. The maximum atomic E-state index is 13.1. The van der Waals surface area contributed by atoms with Crippen LogP contribution in [0.15, 0.2) is 84.1 Å². The predicted molar refractivity (Wildman–Crippen MR) is 130 cm³/mol. The van der Waals surface area contributed by atoms with Gasteiger partial charge in [0.15, 0.2) is 0 Å². The molecule has 2 aromatic carbocycles. The van der Waals surface area contributed by atoms with E-state index in [1.54, 1.807) is 12.2 Å². The van der Waals surface area contributed by atoms with E-state index in [9.17, 15) is 14.9 Å². The molecule has 7 heteroatoms. The number of benzene rings is 2. The minimum Gasteiger partial charge on any atom is -0.351 e. The van der Waals surface area contributed by atoms with Crippen molar-refractivity contribution in [2.24, 2.45) is 5.73 Å². The van der Waals surface area contributed by atoms with Crippen LogP contribution < -0.4 is 16.4 Å². The zero-order chi connectivity index (χ0) is 23.9. The fourth-order valence-corrected chi connectivity index (χ4v) is 4.52. The molecule has 0 unspecified atom stereocenters. The highest BCUT2D eigenvalue weighted by molar-refractivity contribution is 5.85. The third-order valence-electron chi connectivity index (χ3n) is 6.34. The van der Waals surface area contributed by atoms with Crippen LogP contribution in [-0.4, -0.2) is 48.4 Å². The highest BCUT2D eigenvalue weighted by Crippen LogP contribution is 2.27. The van der Waals surface area contributed by atoms with Crippen LogP contribution in [0.1, 0.15) is 29.9 Å². The smallest absolute Gasteiger partial charge is 0.244 e. The van der Waals surface area contributed by atoms with E-state index >= 15 is 0 Å². The monoisotopic (exact) mass is 455 g/mol. The molecule has 7 nitrogen and oxygen atoms in total. The second kappa shape index (κ2) is 10.9. The number of amides is 2. The number of nitrogens with two attached hydrogens (primary N) is 1. The standard InChI is InChI=1S/C27H29N5O2/c28-16-22-14-13-19(18-32(22)27(34)23-12-7-15-30-23)17-31-26(33)25(29)24(20-8-3-1-4-9-20)21-10-5-2-6-11-21/h1-6,8-11,13-14,23-25,30H,7,12,15,17-18,29H2,(H,31,33)/t23-,25+/m0/s1. The summed E-state index contributed by atoms with van der Waals surface area (Å²) >= 11 is 0. The van der Waals surface area contributed by atoms with Gasteiger partial charge in [0, 0.05) is 19.0 Å². The van der Waals surface area contributed by atoms with Crippen molar-refractivity contribution in [3.05, 3.63) is 95.2 Å². The van der Waals surface area contributed by atoms with Gasteiger partial charge in [-0.05, 0) is 42.2 Å². The number of allylic oxidation sites excluding steroid dienone is 3. The molecule has 4 N–H and O–H groups in total. The molecule has 1 saturated heterocycles. The topological polar surface area (TPSA) is 111 Å². The first kappa shape index (κ1) is 23.4. The Kier molecular flexibility index (Phi) is 7.53. The Morgan fingerprint density at radius 3 is 2.29 bits per heavy atom. The molecule has 0 spiro atoms. The van der Waals surface area contributed by atoms with E-state index in [0.717, 1.165) is 36.1 Å². The SMILES string of the molecule is N#CC1=CC=C(CNC(=O)[C@H](N)C(c2ccccc2)c2ccccc2)CN1C(=O)[C@@H]1CCCN1. The molecule has 0 aromatic heterocycles. The number of nitrogens with one attached hydrogen (secondary N) is 2. The van der Waals surface area contributed by atoms with Gasteiger partial charge in [-0.1, -0.05) is 66.7 Å². The molecule has 2 atom stereocenters. The van der Waals surface area contributed by atoms with Crippen molar-refractivity contribution >= 4 is 11.8 Å². The molecule has 0 radical (unpaired) electrons. The maximum absolute atomic E-state index is 13.1. The molecule has 2 aliphatic rings. The first-order valence-electron chi connectivity index (χ1n) is 11.6. The van der Waals surface area contributed by atoms with Crippen LogP contribution in [0.3, 0.4) is 0 Å². The molecule has 2 heterocycles. The second-order valence-electron chi connectivity index (χ2n) is 8.60. The summed E-state index contributed by atoms with van der Waals surface area (Å²) in [4.78, 5) is 27.5. The van der Waals surface area contributed by atoms with Crippen molar-refractivity contribution in [1.82, 2.24) is 15.5 Å². The van der Waals surface area contributed by atoms with Crippen LogP contribution in [0.2, 0.25) is 0 Å². The number of carbonyl (C=O) groups is 2. The van der Waals surface area contributed by atoms with Crippen LogP contribution in [-0.2, 0) is 9.59 Å². The van der Waals surface area contributed by atoms with Gasteiger partial charge >= 0.3 is 0 Å². The number of hydrogen-bond donors (Lipinski definition) is 3. The summed E-state index contributed by atoms with van der Waals surface area (Å²) in [5.41, 5.74) is 9.57. The Bertz CT molecular complexity index is 1080. The Hall–Kier alpha value is -3.73. The largest absolute Gasteiger partial charge is 0.351 e. The van der Waals surface area contributed by atoms with Gasteiger partial charge < -0.3 is 16.4 Å². The molecule has 0 saturated carbocycles. The third-order valence-corrected chi connectivity index (χ3v) is 6.34. The van der Waals surface area contributed by atoms with Gasteiger partial charge in [-0.3, -0.25) is 14.5 Å². The highest BCUT2D eigenvalue weighted by atomic mass is 16.2. The van der Waals surface area contributed by atoms with Crippen LogP contribution in [0.25, 0.3) is 0 Å². The molecule has 174 valence electrons. The van der Waals surface area contributed by atoms with Gasteiger partial charge in [0.2, 0.25) is 11.8 Å². The molecule has 0 aliphatic carbocycles. The van der Waals surface area contributed by atoms with E-state index in [-0.39, 0.29) is 36.9 Å². The van der Waals surface area contributed by atoms with Gasteiger partial charge in [0.25, 0.3) is 0 Å². The van der Waals surface area contributed by atoms with Gasteiger partial charge in [-0.25, -0.2) is 0 Å². The van der Waals surface area contributed by atoms with E-state index in [2.05, 4.69) is 16.7 Å². The van der Waals surface area contributed by atoms with E-state index in [0.29, 0.717) is 5.70 Å². The number of rotatable bonds is 7. The summed E-state index contributed by atoms with van der Waals surface area (Å²) in [7, 11) is 0. The van der Waals surface area contributed by atoms with E-state index in [1.807, 2.05) is 60.7 Å². The summed E-state index contributed by atoms with van der Waals surface area (Å²) < 4.78 is 0. The molecule has 1 fully saturated rings. The number of nitrogens with zero attached hydrogens (tertiary/aromatic N) is 2. The normalized spacial score (nSPS) is 18.6. The Morgan fingerprint density at radius 2 is 1.74 bits per heavy atom. The molecular formula is C27H29N5O2. The number of hydrogen-bond acceptors (Lipinski definition) is 5. The fourth-order valence-electron chi connectivity index (χ4n) is 4.52. The van der Waals surface area contributed by atoms with Gasteiger partial charge in [-0.15, -0.1) is 0 Å². The van der Waals surface area contributed by atoms with Gasteiger partial charge in [-0.2, -0.15) is 5.26 Å². The second-order valence-corrected chi connectivity index (χ2v) is 8.60. The average molecular weight is 456 g/mol. The van der Waals surface area contributed by atoms with Crippen molar-refractivity contribution in [2.75, 3.05) is 19.6 Å². The predicted octanol–water partition coefficient (Wildman–Crippen LogP) is 2.19. The summed E-state index contributed by atoms with van der Waals surface area (Å²) in [5, 5.41) is 15.6. The fraction of sp³-hybridized carbons (Fsp3) is 0.296. The molecule has 2 aliphatic heterocycles. The van der Waals surface area contributed by atoms with Crippen LogP contribution in [0.4, 0.5) is 0 Å². The quantitative estimate of drug-likeness (QED) is 0.593. The van der Waals surface area contributed by atoms with Crippen molar-refractivity contribution in [3.8, 4) is 6.07 Å². The molecule has 0 bridgehead atoms. The molecule has 4 rings (SSSR count). The lowest BCUT2D eigenvalue weighted by atomic mass is 9.85. The van der Waals surface area contributed by atoms with Crippen molar-refractivity contribution in [2.45, 2.75) is 30.8 Å².